The van der Waals surface area contributed by atoms with Crippen molar-refractivity contribution in [1.29, 1.82) is 0 Å². The number of halogens is 3. The minimum Gasteiger partial charge on any atom is -0.320 e. The first-order chi connectivity index (χ1) is 16.4. The van der Waals surface area contributed by atoms with Crippen LogP contribution in [0.25, 0.3) is 21.8 Å². The molecule has 2 aromatic heterocycles. The predicted molar refractivity (Wildman–Crippen MR) is 128 cm³/mol. The molecular formula is C23H20F3N5O2S2. The summed E-state index contributed by atoms with van der Waals surface area (Å²) in [4.78, 5) is 12.3. The fraction of sp³-hybridized carbons (Fsp3) is 0.174. The molecule has 4 rings (SSSR count). The van der Waals surface area contributed by atoms with Gasteiger partial charge in [0.2, 0.25) is 0 Å². The zero-order valence-corrected chi connectivity index (χ0v) is 20.4. The summed E-state index contributed by atoms with van der Waals surface area (Å²) in [5, 5.41) is 0.498. The van der Waals surface area contributed by atoms with Crippen molar-refractivity contribution >= 4 is 27.0 Å². The van der Waals surface area contributed by atoms with Gasteiger partial charge in [-0.1, -0.05) is 12.1 Å². The van der Waals surface area contributed by atoms with E-state index in [0.29, 0.717) is 21.4 Å². The van der Waals surface area contributed by atoms with Gasteiger partial charge in [0.05, 0.1) is 27.5 Å². The van der Waals surface area contributed by atoms with E-state index in [0.717, 1.165) is 24.3 Å². The number of nitrogens with two attached hydrogens (primary N) is 1. The van der Waals surface area contributed by atoms with Gasteiger partial charge in [0.1, 0.15) is 22.5 Å². The third kappa shape index (κ3) is 4.90. The smallest absolute Gasteiger partial charge is 0.267 e. The molecule has 0 atom stereocenters. The second kappa shape index (κ2) is 9.02. The minimum atomic E-state index is -4.78. The fourth-order valence-corrected chi connectivity index (χ4v) is 5.53. The van der Waals surface area contributed by atoms with Crippen LogP contribution in [0.15, 0.2) is 53.6 Å². The lowest BCUT2D eigenvalue weighted by Crippen LogP contribution is -2.28. The predicted octanol–water partition coefficient (Wildman–Crippen LogP) is 4.99. The molecule has 35 heavy (non-hydrogen) atoms. The summed E-state index contributed by atoms with van der Waals surface area (Å²) >= 11 is 1.22. The van der Waals surface area contributed by atoms with Crippen LogP contribution in [0.3, 0.4) is 0 Å². The standard InChI is InChI=1S/C23H20F3N5O2S2/c1-12-28-11-10-17(29-12)20-19(30-22(34-20)23(2,3)27)13-6-4-9-16(18(13)26)31-35(32,33)21-14(24)7-5-8-15(21)25/h4-11,31H,27H2,1-3H3. The van der Waals surface area contributed by atoms with Crippen molar-refractivity contribution in [2.45, 2.75) is 31.2 Å². The van der Waals surface area contributed by atoms with Crippen molar-refractivity contribution in [3.63, 3.8) is 0 Å². The number of aromatic nitrogens is 3. The lowest BCUT2D eigenvalue weighted by atomic mass is 10.1. The quantitative estimate of drug-likeness (QED) is 0.371. The van der Waals surface area contributed by atoms with Crippen molar-refractivity contribution in [3.05, 3.63) is 76.9 Å². The van der Waals surface area contributed by atoms with E-state index in [-0.39, 0.29) is 11.3 Å². The van der Waals surface area contributed by atoms with Gasteiger partial charge < -0.3 is 5.73 Å². The Balaban J connectivity index is 1.85. The molecule has 0 saturated heterocycles. The van der Waals surface area contributed by atoms with Gasteiger partial charge in [0.15, 0.2) is 10.7 Å². The van der Waals surface area contributed by atoms with E-state index in [1.54, 1.807) is 33.0 Å². The molecule has 2 aromatic carbocycles. The second-order valence-electron chi connectivity index (χ2n) is 8.23. The van der Waals surface area contributed by atoms with E-state index in [1.165, 1.54) is 23.5 Å². The van der Waals surface area contributed by atoms with E-state index in [2.05, 4.69) is 15.0 Å². The van der Waals surface area contributed by atoms with Gasteiger partial charge in [-0.2, -0.15) is 0 Å². The van der Waals surface area contributed by atoms with Crippen LogP contribution in [0.4, 0.5) is 18.9 Å². The Morgan fingerprint density at radius 1 is 1.00 bits per heavy atom. The van der Waals surface area contributed by atoms with Crippen molar-refractivity contribution in [2.75, 3.05) is 4.72 Å². The van der Waals surface area contributed by atoms with Crippen LogP contribution in [0, 0.1) is 24.4 Å². The Morgan fingerprint density at radius 3 is 2.29 bits per heavy atom. The molecule has 0 aliphatic carbocycles. The molecule has 182 valence electrons. The minimum absolute atomic E-state index is 0.0442. The number of aryl methyl sites for hydroxylation is 1. The zero-order chi connectivity index (χ0) is 25.5. The number of nitrogens with one attached hydrogen (secondary N) is 1. The van der Waals surface area contributed by atoms with Gasteiger partial charge >= 0.3 is 0 Å². The molecule has 0 saturated carbocycles. The third-order valence-corrected chi connectivity index (χ3v) is 7.71. The van der Waals surface area contributed by atoms with Crippen LogP contribution in [-0.2, 0) is 15.6 Å². The summed E-state index contributed by atoms with van der Waals surface area (Å²) in [5.74, 6) is -3.09. The molecule has 12 heteroatoms. The highest BCUT2D eigenvalue weighted by molar-refractivity contribution is 7.92. The molecule has 0 amide bonds. The van der Waals surface area contributed by atoms with Crippen LogP contribution in [0.1, 0.15) is 24.7 Å². The highest BCUT2D eigenvalue weighted by atomic mass is 32.2. The maximum atomic E-state index is 15.7. The number of benzene rings is 2. The molecular weight excluding hydrogens is 499 g/mol. The Bertz CT molecular complexity index is 1510. The normalized spacial score (nSPS) is 12.1. The number of hydrogen-bond acceptors (Lipinski definition) is 7. The maximum absolute atomic E-state index is 15.7. The average Bonchev–Trinajstić information content (AvgIpc) is 3.21. The summed E-state index contributed by atoms with van der Waals surface area (Å²) < 4.78 is 71.2. The molecule has 3 N–H and O–H groups in total. The molecule has 4 aromatic rings. The van der Waals surface area contributed by atoms with Crippen molar-refractivity contribution in [1.82, 2.24) is 15.0 Å². The van der Waals surface area contributed by atoms with Crippen molar-refractivity contribution in [3.8, 4) is 21.8 Å². The average molecular weight is 520 g/mol. The van der Waals surface area contributed by atoms with Crippen LogP contribution in [0.5, 0.6) is 0 Å². The first-order valence-electron chi connectivity index (χ1n) is 10.2. The van der Waals surface area contributed by atoms with Crippen LogP contribution >= 0.6 is 11.3 Å². The van der Waals surface area contributed by atoms with Gasteiger partial charge in [0, 0.05) is 11.8 Å². The van der Waals surface area contributed by atoms with E-state index < -0.39 is 43.6 Å². The number of anilines is 1. The maximum Gasteiger partial charge on any atom is 0.267 e. The molecule has 0 bridgehead atoms. The van der Waals surface area contributed by atoms with Gasteiger partial charge in [-0.3, -0.25) is 4.72 Å². The molecule has 0 unspecified atom stereocenters. The number of hydrogen-bond donors (Lipinski definition) is 2. The first kappa shape index (κ1) is 24.8. The van der Waals surface area contributed by atoms with Crippen LogP contribution in [-0.4, -0.2) is 23.4 Å². The molecule has 0 radical (unpaired) electrons. The molecule has 0 aliphatic heterocycles. The lowest BCUT2D eigenvalue weighted by Gasteiger charge is -2.14. The fourth-order valence-electron chi connectivity index (χ4n) is 3.26. The van der Waals surface area contributed by atoms with Gasteiger partial charge in [-0.15, -0.1) is 11.3 Å². The Morgan fingerprint density at radius 2 is 1.66 bits per heavy atom. The van der Waals surface area contributed by atoms with Gasteiger partial charge in [-0.05, 0) is 51.1 Å². The molecule has 2 heterocycles. The summed E-state index contributed by atoms with van der Waals surface area (Å²) in [7, 11) is -4.78. The van der Waals surface area contributed by atoms with E-state index >= 15 is 4.39 Å². The van der Waals surface area contributed by atoms with E-state index in [4.69, 9.17) is 5.73 Å². The molecule has 0 aliphatic rings. The highest BCUT2D eigenvalue weighted by Crippen LogP contribution is 2.41. The first-order valence-corrected chi connectivity index (χ1v) is 12.5. The highest BCUT2D eigenvalue weighted by Gasteiger charge is 2.28. The molecule has 7 nitrogen and oxygen atoms in total. The molecule has 0 fully saturated rings. The lowest BCUT2D eigenvalue weighted by molar-refractivity contribution is 0.521. The van der Waals surface area contributed by atoms with Crippen molar-refractivity contribution < 1.29 is 21.6 Å². The van der Waals surface area contributed by atoms with Crippen LogP contribution < -0.4 is 10.5 Å². The van der Waals surface area contributed by atoms with E-state index in [1.807, 2.05) is 4.72 Å². The van der Waals surface area contributed by atoms with Crippen molar-refractivity contribution in [2.24, 2.45) is 5.73 Å². The number of rotatable bonds is 6. The number of sulfonamides is 1. The monoisotopic (exact) mass is 519 g/mol. The second-order valence-corrected chi connectivity index (χ2v) is 10.8. The largest absolute Gasteiger partial charge is 0.320 e. The van der Waals surface area contributed by atoms with Gasteiger partial charge in [0.25, 0.3) is 10.0 Å². The summed E-state index contributed by atoms with van der Waals surface area (Å²) in [6.07, 6.45) is 1.55. The number of thiazole rings is 1. The summed E-state index contributed by atoms with van der Waals surface area (Å²) in [5.41, 5.74) is 5.51. The topological polar surface area (TPSA) is 111 Å². The summed E-state index contributed by atoms with van der Waals surface area (Å²) in [6.45, 7) is 5.19. The summed E-state index contributed by atoms with van der Waals surface area (Å²) in [6, 6.07) is 8.22. The Labute approximate surface area is 204 Å². The van der Waals surface area contributed by atoms with Crippen LogP contribution in [0.2, 0.25) is 0 Å². The molecule has 0 spiro atoms. The Kier molecular flexibility index (Phi) is 6.38. The van der Waals surface area contributed by atoms with E-state index in [9.17, 15) is 17.2 Å². The zero-order valence-electron chi connectivity index (χ0n) is 18.8. The van der Waals surface area contributed by atoms with Gasteiger partial charge in [-0.25, -0.2) is 36.5 Å². The SMILES string of the molecule is Cc1nccc(-c2sc(C(C)(C)N)nc2-c2cccc(NS(=O)(=O)c3c(F)cccc3F)c2F)n1. The third-order valence-electron chi connectivity index (χ3n) is 4.87. The number of nitrogens with zero attached hydrogens (tertiary/aromatic N) is 3. The Hall–Kier alpha value is -3.35.